The first-order valence-electron chi connectivity index (χ1n) is 6.20. The predicted molar refractivity (Wildman–Crippen MR) is 71.5 cm³/mol. The maximum Gasteiger partial charge on any atom is 0.191 e. The molecule has 104 valence electrons. The van der Waals surface area contributed by atoms with Crippen molar-refractivity contribution in [1.29, 1.82) is 0 Å². The van der Waals surface area contributed by atoms with Gasteiger partial charge < -0.3 is 4.74 Å². The highest BCUT2D eigenvalue weighted by Gasteiger charge is 2.13. The van der Waals surface area contributed by atoms with Crippen LogP contribution in [0.15, 0.2) is 42.5 Å². The molecule has 0 unspecified atom stereocenters. The van der Waals surface area contributed by atoms with E-state index < -0.39 is 17.4 Å². The lowest BCUT2D eigenvalue weighted by atomic mass is 10.1. The molecule has 0 bridgehead atoms. The molecule has 4 heteroatoms. The Morgan fingerprint density at radius 2 is 1.65 bits per heavy atom. The van der Waals surface area contributed by atoms with Gasteiger partial charge in [0.1, 0.15) is 12.4 Å². The summed E-state index contributed by atoms with van der Waals surface area (Å²) in [4.78, 5) is 11.0. The Hall–Kier alpha value is -2.23. The summed E-state index contributed by atoms with van der Waals surface area (Å²) in [7, 11) is 0. The van der Waals surface area contributed by atoms with Crippen molar-refractivity contribution in [3.8, 4) is 5.75 Å². The van der Waals surface area contributed by atoms with E-state index >= 15 is 0 Å². The van der Waals surface area contributed by atoms with Gasteiger partial charge in [0.15, 0.2) is 17.4 Å². The van der Waals surface area contributed by atoms with E-state index in [0.717, 1.165) is 17.7 Å². The minimum atomic E-state index is -0.794. The van der Waals surface area contributed by atoms with Crippen LogP contribution < -0.4 is 4.74 Å². The molecule has 2 nitrogen and oxygen atoms in total. The molecule has 0 radical (unpaired) electrons. The molecule has 2 aromatic rings. The van der Waals surface area contributed by atoms with E-state index in [0.29, 0.717) is 5.56 Å². The summed E-state index contributed by atoms with van der Waals surface area (Å²) in [5, 5.41) is 0. The van der Waals surface area contributed by atoms with Crippen molar-refractivity contribution in [2.75, 3.05) is 0 Å². The SMILES string of the molecule is CC(=O)Cc1cc(F)c(OCc2ccccc2)c(F)c1. The molecule has 0 spiro atoms. The molecule has 0 aliphatic rings. The highest BCUT2D eigenvalue weighted by molar-refractivity contribution is 5.78. The zero-order chi connectivity index (χ0) is 14.5. The summed E-state index contributed by atoms with van der Waals surface area (Å²) in [6.45, 7) is 1.45. The second-order valence-corrected chi connectivity index (χ2v) is 4.54. The van der Waals surface area contributed by atoms with E-state index in [2.05, 4.69) is 0 Å². The number of halogens is 2. The monoisotopic (exact) mass is 276 g/mol. The van der Waals surface area contributed by atoms with Crippen LogP contribution in [0.2, 0.25) is 0 Å². The van der Waals surface area contributed by atoms with Gasteiger partial charge in [0.05, 0.1) is 0 Å². The van der Waals surface area contributed by atoms with E-state index in [9.17, 15) is 13.6 Å². The van der Waals surface area contributed by atoms with E-state index in [1.165, 1.54) is 6.92 Å². The number of ether oxygens (including phenoxy) is 1. The Balaban J connectivity index is 2.14. The number of benzene rings is 2. The van der Waals surface area contributed by atoms with Crippen molar-refractivity contribution in [3.63, 3.8) is 0 Å². The number of hydrogen-bond donors (Lipinski definition) is 0. The normalized spacial score (nSPS) is 10.3. The Bertz CT molecular complexity index is 586. The van der Waals surface area contributed by atoms with Crippen LogP contribution in [0.25, 0.3) is 0 Å². The van der Waals surface area contributed by atoms with E-state index in [1.807, 2.05) is 18.2 Å². The summed E-state index contributed by atoms with van der Waals surface area (Å²) in [5.41, 5.74) is 1.12. The van der Waals surface area contributed by atoms with Gasteiger partial charge in [-0.05, 0) is 30.2 Å². The molecule has 0 fully saturated rings. The first kappa shape index (κ1) is 14.2. The molecule has 0 amide bonds. The molecule has 0 N–H and O–H groups in total. The van der Waals surface area contributed by atoms with Crippen LogP contribution in [0.1, 0.15) is 18.1 Å². The summed E-state index contributed by atoms with van der Waals surface area (Å²) in [6, 6.07) is 11.4. The van der Waals surface area contributed by atoms with Crippen molar-refractivity contribution < 1.29 is 18.3 Å². The molecule has 0 aliphatic carbocycles. The van der Waals surface area contributed by atoms with Gasteiger partial charge in [-0.15, -0.1) is 0 Å². The van der Waals surface area contributed by atoms with Gasteiger partial charge in [-0.3, -0.25) is 4.79 Å². The number of hydrogen-bond acceptors (Lipinski definition) is 2. The molecule has 0 saturated carbocycles. The molecule has 0 heterocycles. The van der Waals surface area contributed by atoms with Gasteiger partial charge >= 0.3 is 0 Å². The third-order valence-electron chi connectivity index (χ3n) is 2.74. The summed E-state index contributed by atoms with van der Waals surface area (Å²) in [5.74, 6) is -2.16. The molecule has 2 aromatic carbocycles. The third kappa shape index (κ3) is 3.63. The quantitative estimate of drug-likeness (QED) is 0.832. The lowest BCUT2D eigenvalue weighted by molar-refractivity contribution is -0.116. The van der Waals surface area contributed by atoms with Crippen LogP contribution in [0, 0.1) is 11.6 Å². The Labute approximate surface area is 116 Å². The molecule has 0 atom stereocenters. The van der Waals surface area contributed by atoms with Gasteiger partial charge in [0, 0.05) is 6.42 Å². The maximum absolute atomic E-state index is 13.8. The Kier molecular flexibility index (Phi) is 4.45. The fraction of sp³-hybridized carbons (Fsp3) is 0.188. The molecular formula is C16H14F2O2. The molecular weight excluding hydrogens is 262 g/mol. The van der Waals surface area contributed by atoms with E-state index in [-0.39, 0.29) is 18.8 Å². The van der Waals surface area contributed by atoms with Crippen LogP contribution in [-0.2, 0) is 17.8 Å². The Morgan fingerprint density at radius 3 is 2.20 bits per heavy atom. The highest BCUT2D eigenvalue weighted by Crippen LogP contribution is 2.24. The van der Waals surface area contributed by atoms with Gasteiger partial charge in [0.2, 0.25) is 0 Å². The average molecular weight is 276 g/mol. The highest BCUT2D eigenvalue weighted by atomic mass is 19.1. The van der Waals surface area contributed by atoms with Crippen molar-refractivity contribution in [1.82, 2.24) is 0 Å². The molecule has 0 aliphatic heterocycles. The average Bonchev–Trinajstić information content (AvgIpc) is 2.38. The number of rotatable bonds is 5. The molecule has 2 rings (SSSR count). The minimum absolute atomic E-state index is 0.00675. The van der Waals surface area contributed by atoms with Crippen molar-refractivity contribution in [2.24, 2.45) is 0 Å². The van der Waals surface area contributed by atoms with Crippen LogP contribution in [0.5, 0.6) is 5.75 Å². The van der Waals surface area contributed by atoms with Crippen LogP contribution >= 0.6 is 0 Å². The van der Waals surface area contributed by atoms with E-state index in [4.69, 9.17) is 4.74 Å². The van der Waals surface area contributed by atoms with Crippen molar-refractivity contribution in [3.05, 3.63) is 65.2 Å². The van der Waals surface area contributed by atoms with Crippen LogP contribution in [0.4, 0.5) is 8.78 Å². The number of carbonyl (C=O) groups excluding carboxylic acids is 1. The summed E-state index contributed by atoms with van der Waals surface area (Å²) >= 11 is 0. The smallest absolute Gasteiger partial charge is 0.191 e. The first-order valence-corrected chi connectivity index (χ1v) is 6.20. The summed E-state index contributed by atoms with van der Waals surface area (Å²) in [6.07, 6.45) is 0.00675. The standard InChI is InChI=1S/C16H14F2O2/c1-11(19)7-13-8-14(17)16(15(18)9-13)20-10-12-5-3-2-4-6-12/h2-6,8-9H,7,10H2,1H3. The van der Waals surface area contributed by atoms with Crippen molar-refractivity contribution in [2.45, 2.75) is 20.0 Å². The van der Waals surface area contributed by atoms with Gasteiger partial charge in [0.25, 0.3) is 0 Å². The number of ketones is 1. The fourth-order valence-corrected chi connectivity index (χ4v) is 1.87. The lowest BCUT2D eigenvalue weighted by Gasteiger charge is -2.10. The zero-order valence-corrected chi connectivity index (χ0v) is 11.0. The minimum Gasteiger partial charge on any atom is -0.483 e. The molecule has 0 aromatic heterocycles. The van der Waals surface area contributed by atoms with Crippen LogP contribution in [0.3, 0.4) is 0 Å². The Morgan fingerprint density at radius 1 is 1.05 bits per heavy atom. The number of Topliss-reactive ketones (excluding diaryl/α,β-unsaturated/α-hetero) is 1. The second kappa shape index (κ2) is 6.28. The van der Waals surface area contributed by atoms with Crippen LogP contribution in [-0.4, -0.2) is 5.78 Å². The maximum atomic E-state index is 13.8. The number of carbonyl (C=O) groups is 1. The third-order valence-corrected chi connectivity index (χ3v) is 2.74. The van der Waals surface area contributed by atoms with E-state index in [1.54, 1.807) is 12.1 Å². The zero-order valence-electron chi connectivity index (χ0n) is 11.0. The lowest BCUT2D eigenvalue weighted by Crippen LogP contribution is -2.03. The van der Waals surface area contributed by atoms with Gasteiger partial charge in [-0.2, -0.15) is 0 Å². The van der Waals surface area contributed by atoms with Gasteiger partial charge in [-0.1, -0.05) is 30.3 Å². The first-order chi connectivity index (χ1) is 9.56. The predicted octanol–water partition coefficient (Wildman–Crippen LogP) is 3.68. The summed E-state index contributed by atoms with van der Waals surface area (Å²) < 4.78 is 32.8. The van der Waals surface area contributed by atoms with Gasteiger partial charge in [-0.25, -0.2) is 8.78 Å². The second-order valence-electron chi connectivity index (χ2n) is 4.54. The molecule has 20 heavy (non-hydrogen) atoms. The largest absolute Gasteiger partial charge is 0.483 e. The fourth-order valence-electron chi connectivity index (χ4n) is 1.87. The molecule has 0 saturated heterocycles. The topological polar surface area (TPSA) is 26.3 Å². The van der Waals surface area contributed by atoms with Crippen molar-refractivity contribution >= 4 is 5.78 Å².